The van der Waals surface area contributed by atoms with Crippen LogP contribution in [-0.2, 0) is 11.2 Å². The Morgan fingerprint density at radius 2 is 1.90 bits per heavy atom. The van der Waals surface area contributed by atoms with Crippen LogP contribution in [0.1, 0.15) is 24.8 Å². The molecule has 2 atom stereocenters. The standard InChI is InChI=1S/C17H27N3O/c18-10-12-20(11-9-14-5-2-1-3-6-14)17(21)16-8-4-7-15(16)13-19/h1-3,5-6,15-16H,4,7-13,18-19H2/t15-,16-/m1/s1. The molecule has 1 aliphatic rings. The van der Waals surface area contributed by atoms with Crippen LogP contribution in [0, 0.1) is 11.8 Å². The normalized spacial score (nSPS) is 21.4. The molecule has 4 N–H and O–H groups in total. The van der Waals surface area contributed by atoms with Gasteiger partial charge in [0.05, 0.1) is 0 Å². The van der Waals surface area contributed by atoms with Gasteiger partial charge in [-0.1, -0.05) is 36.8 Å². The summed E-state index contributed by atoms with van der Waals surface area (Å²) in [5.74, 6) is 0.719. The summed E-state index contributed by atoms with van der Waals surface area (Å²) in [7, 11) is 0. The van der Waals surface area contributed by atoms with Crippen molar-refractivity contribution in [1.29, 1.82) is 0 Å². The second kappa shape index (κ2) is 8.15. The Labute approximate surface area is 127 Å². The predicted molar refractivity (Wildman–Crippen MR) is 85.7 cm³/mol. The molecule has 0 spiro atoms. The summed E-state index contributed by atoms with van der Waals surface area (Å²) in [6.45, 7) is 2.51. The molecule has 0 heterocycles. The van der Waals surface area contributed by atoms with Crippen LogP contribution in [0.3, 0.4) is 0 Å². The highest BCUT2D eigenvalue weighted by atomic mass is 16.2. The van der Waals surface area contributed by atoms with Gasteiger partial charge in [-0.05, 0) is 37.3 Å². The van der Waals surface area contributed by atoms with Crippen molar-refractivity contribution in [3.8, 4) is 0 Å². The van der Waals surface area contributed by atoms with E-state index in [2.05, 4.69) is 12.1 Å². The molecule has 0 saturated heterocycles. The van der Waals surface area contributed by atoms with Crippen LogP contribution in [0.4, 0.5) is 0 Å². The van der Waals surface area contributed by atoms with Gasteiger partial charge < -0.3 is 16.4 Å². The molecule has 2 rings (SSSR count). The summed E-state index contributed by atoms with van der Waals surface area (Å²) in [6, 6.07) is 10.3. The van der Waals surface area contributed by atoms with Crippen molar-refractivity contribution in [3.63, 3.8) is 0 Å². The van der Waals surface area contributed by atoms with Crippen molar-refractivity contribution >= 4 is 5.91 Å². The van der Waals surface area contributed by atoms with E-state index < -0.39 is 0 Å². The Hall–Kier alpha value is -1.39. The third kappa shape index (κ3) is 4.29. The number of hydrogen-bond donors (Lipinski definition) is 2. The summed E-state index contributed by atoms with van der Waals surface area (Å²) < 4.78 is 0. The van der Waals surface area contributed by atoms with Crippen molar-refractivity contribution in [2.45, 2.75) is 25.7 Å². The largest absolute Gasteiger partial charge is 0.341 e. The minimum Gasteiger partial charge on any atom is -0.341 e. The maximum Gasteiger partial charge on any atom is 0.226 e. The lowest BCUT2D eigenvalue weighted by atomic mass is 9.94. The Bertz CT molecular complexity index is 435. The lowest BCUT2D eigenvalue weighted by molar-refractivity contribution is -0.136. The summed E-state index contributed by atoms with van der Waals surface area (Å²) in [5, 5.41) is 0. The maximum absolute atomic E-state index is 12.7. The van der Waals surface area contributed by atoms with Crippen LogP contribution in [0.15, 0.2) is 30.3 Å². The van der Waals surface area contributed by atoms with Gasteiger partial charge in [-0.3, -0.25) is 4.79 Å². The van der Waals surface area contributed by atoms with Crippen molar-refractivity contribution in [2.75, 3.05) is 26.2 Å². The Morgan fingerprint density at radius 1 is 1.14 bits per heavy atom. The summed E-state index contributed by atoms with van der Waals surface area (Å²) in [6.07, 6.45) is 4.06. The van der Waals surface area contributed by atoms with Gasteiger partial charge in [0.1, 0.15) is 0 Å². The zero-order chi connectivity index (χ0) is 15.1. The number of amides is 1. The molecule has 1 saturated carbocycles. The first-order valence-corrected chi connectivity index (χ1v) is 7.99. The minimum absolute atomic E-state index is 0.109. The number of nitrogens with zero attached hydrogens (tertiary/aromatic N) is 1. The van der Waals surface area contributed by atoms with Gasteiger partial charge in [-0.15, -0.1) is 0 Å². The zero-order valence-electron chi connectivity index (χ0n) is 12.7. The molecule has 21 heavy (non-hydrogen) atoms. The topological polar surface area (TPSA) is 72.3 Å². The van der Waals surface area contributed by atoms with E-state index in [1.807, 2.05) is 23.1 Å². The average Bonchev–Trinajstić information content (AvgIpc) is 3.00. The van der Waals surface area contributed by atoms with E-state index in [9.17, 15) is 4.79 Å². The second-order valence-electron chi connectivity index (χ2n) is 5.88. The van der Waals surface area contributed by atoms with E-state index >= 15 is 0 Å². The Morgan fingerprint density at radius 3 is 2.57 bits per heavy atom. The Balaban J connectivity index is 1.95. The van der Waals surface area contributed by atoms with Crippen LogP contribution in [0.5, 0.6) is 0 Å². The van der Waals surface area contributed by atoms with E-state index in [1.54, 1.807) is 0 Å². The molecule has 1 aliphatic carbocycles. The Kier molecular flexibility index (Phi) is 6.21. The van der Waals surface area contributed by atoms with Gasteiger partial charge >= 0.3 is 0 Å². The van der Waals surface area contributed by atoms with E-state index in [0.717, 1.165) is 32.2 Å². The van der Waals surface area contributed by atoms with Crippen molar-refractivity contribution in [1.82, 2.24) is 4.90 Å². The molecule has 0 unspecified atom stereocenters. The number of rotatable bonds is 7. The number of carbonyl (C=O) groups excluding carboxylic acids is 1. The van der Waals surface area contributed by atoms with Gasteiger partial charge in [0.2, 0.25) is 5.91 Å². The van der Waals surface area contributed by atoms with Gasteiger partial charge in [0.15, 0.2) is 0 Å². The zero-order valence-corrected chi connectivity index (χ0v) is 12.7. The smallest absolute Gasteiger partial charge is 0.226 e. The van der Waals surface area contributed by atoms with Crippen LogP contribution in [0.25, 0.3) is 0 Å². The highest BCUT2D eigenvalue weighted by Gasteiger charge is 2.34. The summed E-state index contributed by atoms with van der Waals surface area (Å²) in [4.78, 5) is 14.7. The van der Waals surface area contributed by atoms with Crippen LogP contribution < -0.4 is 11.5 Å². The van der Waals surface area contributed by atoms with E-state index in [0.29, 0.717) is 25.6 Å². The fraction of sp³-hybridized carbons (Fsp3) is 0.588. The molecule has 0 aliphatic heterocycles. The van der Waals surface area contributed by atoms with Crippen LogP contribution >= 0.6 is 0 Å². The molecule has 4 nitrogen and oxygen atoms in total. The van der Waals surface area contributed by atoms with E-state index in [4.69, 9.17) is 11.5 Å². The molecular formula is C17H27N3O. The quantitative estimate of drug-likeness (QED) is 0.797. The number of carbonyl (C=O) groups is 1. The van der Waals surface area contributed by atoms with Gasteiger partial charge in [-0.25, -0.2) is 0 Å². The lowest BCUT2D eigenvalue weighted by Crippen LogP contribution is -2.42. The molecular weight excluding hydrogens is 262 g/mol. The number of hydrogen-bond acceptors (Lipinski definition) is 3. The predicted octanol–water partition coefficient (Wildman–Crippen LogP) is 1.39. The second-order valence-corrected chi connectivity index (χ2v) is 5.88. The monoisotopic (exact) mass is 289 g/mol. The van der Waals surface area contributed by atoms with Crippen molar-refractivity contribution in [3.05, 3.63) is 35.9 Å². The van der Waals surface area contributed by atoms with Gasteiger partial charge in [-0.2, -0.15) is 0 Å². The minimum atomic E-state index is 0.109. The van der Waals surface area contributed by atoms with Crippen molar-refractivity contribution in [2.24, 2.45) is 23.3 Å². The fourth-order valence-corrected chi connectivity index (χ4v) is 3.28. The highest BCUT2D eigenvalue weighted by molar-refractivity contribution is 5.79. The van der Waals surface area contributed by atoms with E-state index in [1.165, 1.54) is 5.56 Å². The molecule has 1 fully saturated rings. The van der Waals surface area contributed by atoms with Crippen molar-refractivity contribution < 1.29 is 4.79 Å². The van der Waals surface area contributed by atoms with Crippen LogP contribution in [-0.4, -0.2) is 37.0 Å². The van der Waals surface area contributed by atoms with E-state index in [-0.39, 0.29) is 11.8 Å². The first kappa shape index (κ1) is 16.0. The number of nitrogens with two attached hydrogens (primary N) is 2. The number of benzene rings is 1. The highest BCUT2D eigenvalue weighted by Crippen LogP contribution is 2.32. The fourth-order valence-electron chi connectivity index (χ4n) is 3.28. The molecule has 1 amide bonds. The molecule has 0 bridgehead atoms. The molecule has 1 aromatic carbocycles. The summed E-state index contributed by atoms with van der Waals surface area (Å²) in [5.41, 5.74) is 12.7. The molecule has 0 radical (unpaired) electrons. The van der Waals surface area contributed by atoms with Gasteiger partial charge in [0.25, 0.3) is 0 Å². The molecule has 0 aromatic heterocycles. The van der Waals surface area contributed by atoms with Gasteiger partial charge in [0, 0.05) is 25.6 Å². The molecule has 116 valence electrons. The SMILES string of the molecule is NCCN(CCc1ccccc1)C(=O)[C@@H]1CCC[C@@H]1CN. The third-order valence-electron chi connectivity index (χ3n) is 4.50. The average molecular weight is 289 g/mol. The first-order valence-electron chi connectivity index (χ1n) is 7.99. The maximum atomic E-state index is 12.7. The third-order valence-corrected chi connectivity index (χ3v) is 4.50. The molecule has 4 heteroatoms. The molecule has 1 aromatic rings. The van der Waals surface area contributed by atoms with Crippen LogP contribution in [0.2, 0.25) is 0 Å². The lowest BCUT2D eigenvalue weighted by Gasteiger charge is -2.27. The summed E-state index contributed by atoms with van der Waals surface area (Å²) >= 11 is 0. The first-order chi connectivity index (χ1) is 10.3.